The molecule has 0 saturated carbocycles. The smallest absolute Gasteiger partial charge is 0.0973 e. The lowest BCUT2D eigenvalue weighted by atomic mass is 10.4. The Balaban J connectivity index is 0.000000686. The average molecular weight is 263 g/mol. The Morgan fingerprint density at radius 1 is 1.12 bits per heavy atom. The molecule has 0 N–H and O–H groups in total. The molecule has 2 rings (SSSR count). The number of aromatic nitrogens is 1. The minimum atomic E-state index is 0.991. The molecule has 3 heteroatoms. The number of hydrogen-bond acceptors (Lipinski definition) is 3. The van der Waals surface area contributed by atoms with E-state index in [9.17, 15) is 0 Å². The van der Waals surface area contributed by atoms with Crippen LogP contribution in [0.4, 0.5) is 0 Å². The number of thiophene rings is 1. The van der Waals surface area contributed by atoms with Crippen LogP contribution in [0.3, 0.4) is 0 Å². The van der Waals surface area contributed by atoms with Crippen LogP contribution in [0.2, 0.25) is 0 Å². The predicted molar refractivity (Wildman–Crippen MR) is 77.9 cm³/mol. The molecule has 2 aromatic rings. The lowest BCUT2D eigenvalue weighted by molar-refractivity contribution is 1.09. The summed E-state index contributed by atoms with van der Waals surface area (Å²) in [6.45, 7) is 8.20. The Kier molecular flexibility index (Phi) is 5.96. The monoisotopic (exact) mass is 263 g/mol. The zero-order valence-corrected chi connectivity index (χ0v) is 12.3. The van der Waals surface area contributed by atoms with Crippen molar-refractivity contribution in [2.75, 3.05) is 0 Å². The van der Waals surface area contributed by atoms with Gasteiger partial charge in [-0.1, -0.05) is 20.8 Å². The number of hydrogen-bond donors (Lipinski definition) is 0. The zero-order chi connectivity index (χ0) is 12.7. The fraction of sp³-hybridized carbons (Fsp3) is 0.357. The van der Waals surface area contributed by atoms with Crippen molar-refractivity contribution in [2.45, 2.75) is 34.1 Å². The second kappa shape index (κ2) is 7.26. The van der Waals surface area contributed by atoms with Crippen LogP contribution in [0.5, 0.6) is 0 Å². The standard InChI is InChI=1S/C12H11NS2.C2H6/c1-3-12-13-8-11(15-12)7-6-10-5-4-9(2)14-10;1-2/h4-5,8H,3H2,1-2H3;1-2H3. The number of thiazole rings is 1. The Labute approximate surface area is 112 Å². The van der Waals surface area contributed by atoms with Gasteiger partial charge in [-0.25, -0.2) is 4.98 Å². The van der Waals surface area contributed by atoms with Gasteiger partial charge in [-0.15, -0.1) is 22.7 Å². The average Bonchev–Trinajstić information content (AvgIpc) is 2.98. The van der Waals surface area contributed by atoms with Gasteiger partial charge in [0.1, 0.15) is 0 Å². The third-order valence-electron chi connectivity index (χ3n) is 1.91. The highest BCUT2D eigenvalue weighted by Gasteiger charge is 1.96. The van der Waals surface area contributed by atoms with Crippen molar-refractivity contribution >= 4 is 22.7 Å². The molecule has 0 aromatic carbocycles. The minimum absolute atomic E-state index is 0.991. The fourth-order valence-corrected chi connectivity index (χ4v) is 2.59. The van der Waals surface area contributed by atoms with E-state index in [1.807, 2.05) is 20.0 Å². The van der Waals surface area contributed by atoms with E-state index < -0.39 is 0 Å². The predicted octanol–water partition coefficient (Wildman–Crippen LogP) is 4.50. The summed E-state index contributed by atoms with van der Waals surface area (Å²) in [5.74, 6) is 6.30. The molecular formula is C14H17NS2. The van der Waals surface area contributed by atoms with Gasteiger partial charge in [-0.3, -0.25) is 0 Å². The summed E-state index contributed by atoms with van der Waals surface area (Å²) in [5, 5.41) is 1.15. The molecule has 0 bridgehead atoms. The summed E-state index contributed by atoms with van der Waals surface area (Å²) >= 11 is 3.41. The van der Waals surface area contributed by atoms with Crippen LogP contribution in [0, 0.1) is 18.8 Å². The van der Waals surface area contributed by atoms with Crippen molar-refractivity contribution in [3.63, 3.8) is 0 Å². The first kappa shape index (κ1) is 14.0. The molecule has 0 spiro atoms. The molecule has 0 aliphatic rings. The van der Waals surface area contributed by atoms with Crippen LogP contribution in [0.25, 0.3) is 0 Å². The van der Waals surface area contributed by atoms with E-state index in [-0.39, 0.29) is 0 Å². The molecule has 0 atom stereocenters. The Hall–Kier alpha value is -1.11. The molecule has 0 radical (unpaired) electrons. The summed E-state index contributed by atoms with van der Waals surface area (Å²) < 4.78 is 0. The zero-order valence-electron chi connectivity index (χ0n) is 10.7. The highest BCUT2D eigenvalue weighted by molar-refractivity contribution is 7.12. The molecule has 0 aliphatic heterocycles. The van der Waals surface area contributed by atoms with Crippen LogP contribution < -0.4 is 0 Å². The molecule has 0 amide bonds. The van der Waals surface area contributed by atoms with Crippen LogP contribution in [0.15, 0.2) is 18.3 Å². The topological polar surface area (TPSA) is 12.9 Å². The van der Waals surface area contributed by atoms with Crippen molar-refractivity contribution in [3.05, 3.63) is 38.0 Å². The Morgan fingerprint density at radius 3 is 2.35 bits per heavy atom. The highest BCUT2D eigenvalue weighted by atomic mass is 32.1. The van der Waals surface area contributed by atoms with E-state index in [2.05, 4.69) is 42.8 Å². The number of rotatable bonds is 1. The molecule has 0 aliphatic carbocycles. The third kappa shape index (κ3) is 4.33. The van der Waals surface area contributed by atoms with Gasteiger partial charge in [0.15, 0.2) is 0 Å². The molecule has 0 saturated heterocycles. The quantitative estimate of drug-likeness (QED) is 0.690. The normalized spacial score (nSPS) is 8.94. The van der Waals surface area contributed by atoms with E-state index >= 15 is 0 Å². The summed E-state index contributed by atoms with van der Waals surface area (Å²) in [6.07, 6.45) is 2.85. The molecule has 0 unspecified atom stereocenters. The highest BCUT2D eigenvalue weighted by Crippen LogP contribution is 2.15. The van der Waals surface area contributed by atoms with Gasteiger partial charge in [-0.05, 0) is 37.3 Å². The summed E-state index contributed by atoms with van der Waals surface area (Å²) in [7, 11) is 0. The van der Waals surface area contributed by atoms with Crippen molar-refractivity contribution in [1.29, 1.82) is 0 Å². The number of nitrogens with zero attached hydrogens (tertiary/aromatic N) is 1. The van der Waals surface area contributed by atoms with E-state index in [1.54, 1.807) is 22.7 Å². The summed E-state index contributed by atoms with van der Waals surface area (Å²) in [6, 6.07) is 4.16. The summed E-state index contributed by atoms with van der Waals surface area (Å²) in [4.78, 5) is 7.75. The first-order valence-corrected chi connectivity index (χ1v) is 7.44. The van der Waals surface area contributed by atoms with Gasteiger partial charge in [0.05, 0.1) is 21.0 Å². The molecule has 2 heterocycles. The van der Waals surface area contributed by atoms with E-state index in [0.29, 0.717) is 0 Å². The van der Waals surface area contributed by atoms with Gasteiger partial charge in [0, 0.05) is 4.88 Å². The SMILES string of the molecule is CC.CCc1ncc(C#Cc2ccc(C)s2)s1. The number of aryl methyl sites for hydroxylation is 2. The molecule has 0 fully saturated rings. The first-order valence-electron chi connectivity index (χ1n) is 5.81. The maximum absolute atomic E-state index is 4.27. The lowest BCUT2D eigenvalue weighted by Gasteiger charge is -1.79. The van der Waals surface area contributed by atoms with Gasteiger partial charge in [0.2, 0.25) is 0 Å². The van der Waals surface area contributed by atoms with Gasteiger partial charge >= 0.3 is 0 Å². The second-order valence-corrected chi connectivity index (χ2v) is 5.54. The second-order valence-electron chi connectivity index (χ2n) is 3.13. The van der Waals surface area contributed by atoms with Crippen molar-refractivity contribution in [1.82, 2.24) is 4.98 Å². The van der Waals surface area contributed by atoms with Gasteiger partial charge < -0.3 is 0 Å². The van der Waals surface area contributed by atoms with Crippen LogP contribution in [-0.4, -0.2) is 4.98 Å². The first-order chi connectivity index (χ1) is 8.28. The Bertz CT molecular complexity index is 512. The van der Waals surface area contributed by atoms with Crippen molar-refractivity contribution < 1.29 is 0 Å². The fourth-order valence-electron chi connectivity index (χ4n) is 1.16. The molecule has 2 aromatic heterocycles. The molecular weight excluding hydrogens is 246 g/mol. The van der Waals surface area contributed by atoms with Crippen LogP contribution in [0.1, 0.15) is 40.4 Å². The third-order valence-corrected chi connectivity index (χ3v) is 3.88. The maximum atomic E-state index is 4.27. The van der Waals surface area contributed by atoms with Crippen molar-refractivity contribution in [3.8, 4) is 11.8 Å². The Morgan fingerprint density at radius 2 is 1.82 bits per heavy atom. The molecule has 1 nitrogen and oxygen atoms in total. The van der Waals surface area contributed by atoms with E-state index in [0.717, 1.165) is 21.2 Å². The largest absolute Gasteiger partial charge is 0.248 e. The maximum Gasteiger partial charge on any atom is 0.0973 e. The summed E-state index contributed by atoms with van der Waals surface area (Å²) in [5.41, 5.74) is 0. The lowest BCUT2D eigenvalue weighted by Crippen LogP contribution is -1.70. The van der Waals surface area contributed by atoms with E-state index in [4.69, 9.17) is 0 Å². The van der Waals surface area contributed by atoms with Gasteiger partial charge in [-0.2, -0.15) is 0 Å². The van der Waals surface area contributed by atoms with Crippen LogP contribution in [-0.2, 0) is 6.42 Å². The van der Waals surface area contributed by atoms with Crippen LogP contribution >= 0.6 is 22.7 Å². The van der Waals surface area contributed by atoms with Crippen molar-refractivity contribution in [2.24, 2.45) is 0 Å². The molecule has 17 heavy (non-hydrogen) atoms. The van der Waals surface area contributed by atoms with Gasteiger partial charge in [0.25, 0.3) is 0 Å². The molecule has 90 valence electrons. The van der Waals surface area contributed by atoms with E-state index in [1.165, 1.54) is 4.88 Å². The minimum Gasteiger partial charge on any atom is -0.248 e.